The summed E-state index contributed by atoms with van der Waals surface area (Å²) in [4.78, 5) is 3.96. The van der Waals surface area contributed by atoms with Crippen LogP contribution in [-0.2, 0) is 0 Å². The highest BCUT2D eigenvalue weighted by Gasteiger charge is 2.00. The van der Waals surface area contributed by atoms with Gasteiger partial charge in [0.25, 0.3) is 5.78 Å². The van der Waals surface area contributed by atoms with Gasteiger partial charge in [-0.2, -0.15) is 0 Å². The summed E-state index contributed by atoms with van der Waals surface area (Å²) in [5.74, 6) is 1.36. The summed E-state index contributed by atoms with van der Waals surface area (Å²) in [6.07, 6.45) is 3.28. The lowest BCUT2D eigenvalue weighted by atomic mass is 10.6. The van der Waals surface area contributed by atoms with Crippen LogP contribution in [-0.4, -0.2) is 19.6 Å². The summed E-state index contributed by atoms with van der Waals surface area (Å²) in [7, 11) is 0. The Hall–Kier alpha value is -1.16. The van der Waals surface area contributed by atoms with Gasteiger partial charge in [0.2, 0.25) is 0 Å². The van der Waals surface area contributed by atoms with Gasteiger partial charge in [0.05, 0.1) is 11.2 Å². The van der Waals surface area contributed by atoms with Crippen molar-refractivity contribution in [2.75, 3.05) is 0 Å². The van der Waals surface area contributed by atoms with E-state index in [0.717, 1.165) is 5.82 Å². The van der Waals surface area contributed by atoms with Crippen molar-refractivity contribution < 1.29 is 0 Å². The molecule has 0 atom stereocenters. The van der Waals surface area contributed by atoms with Crippen LogP contribution in [0.15, 0.2) is 12.4 Å². The molecule has 0 bridgehead atoms. The van der Waals surface area contributed by atoms with Crippen LogP contribution in [0.2, 0.25) is 5.02 Å². The second-order valence-electron chi connectivity index (χ2n) is 2.19. The molecule has 0 aromatic carbocycles. The highest BCUT2D eigenvalue weighted by Crippen LogP contribution is 2.07. The van der Waals surface area contributed by atoms with E-state index in [4.69, 9.17) is 11.6 Å². The maximum absolute atomic E-state index is 5.71. The molecule has 2 heterocycles. The standard InChI is InChI=1S/C6H5ClN4/c1-4-9-10-6-8-2-5(7)3-11(4)6/h2-3H,1H3. The van der Waals surface area contributed by atoms with E-state index in [1.165, 1.54) is 0 Å². The Morgan fingerprint density at radius 1 is 1.45 bits per heavy atom. The molecule has 0 radical (unpaired) electrons. The highest BCUT2D eigenvalue weighted by molar-refractivity contribution is 6.30. The largest absolute Gasteiger partial charge is 0.269 e. The summed E-state index contributed by atoms with van der Waals surface area (Å²) >= 11 is 5.71. The first-order chi connectivity index (χ1) is 5.27. The predicted octanol–water partition coefficient (Wildman–Crippen LogP) is 1.09. The van der Waals surface area contributed by atoms with Crippen molar-refractivity contribution in [3.05, 3.63) is 23.2 Å². The molecule has 56 valence electrons. The minimum atomic E-state index is 0.576. The van der Waals surface area contributed by atoms with Gasteiger partial charge in [-0.05, 0) is 6.92 Å². The van der Waals surface area contributed by atoms with Crippen LogP contribution in [0.5, 0.6) is 0 Å². The average molecular weight is 169 g/mol. The molecular weight excluding hydrogens is 164 g/mol. The van der Waals surface area contributed by atoms with E-state index in [9.17, 15) is 0 Å². The molecule has 0 aliphatic rings. The van der Waals surface area contributed by atoms with Crippen molar-refractivity contribution in [2.45, 2.75) is 6.92 Å². The summed E-state index contributed by atoms with van der Waals surface area (Å²) in [6, 6.07) is 0. The van der Waals surface area contributed by atoms with Crippen molar-refractivity contribution in [1.82, 2.24) is 19.6 Å². The van der Waals surface area contributed by atoms with Crippen molar-refractivity contribution in [2.24, 2.45) is 0 Å². The lowest BCUT2D eigenvalue weighted by molar-refractivity contribution is 1.00. The second-order valence-corrected chi connectivity index (χ2v) is 2.63. The summed E-state index contributed by atoms with van der Waals surface area (Å²) in [5, 5.41) is 8.21. The molecule has 2 aromatic rings. The zero-order valence-corrected chi connectivity index (χ0v) is 6.58. The number of rotatable bonds is 0. The molecular formula is C6H5ClN4. The van der Waals surface area contributed by atoms with E-state index < -0.39 is 0 Å². The number of halogens is 1. The van der Waals surface area contributed by atoms with E-state index in [0.29, 0.717) is 10.8 Å². The average Bonchev–Trinajstić information content (AvgIpc) is 2.33. The lowest BCUT2D eigenvalue weighted by Crippen LogP contribution is -1.89. The first-order valence-electron chi connectivity index (χ1n) is 3.10. The third kappa shape index (κ3) is 0.952. The summed E-state index contributed by atoms with van der Waals surface area (Å²) in [6.45, 7) is 1.85. The molecule has 0 amide bonds. The molecule has 0 unspecified atom stereocenters. The van der Waals surface area contributed by atoms with Crippen molar-refractivity contribution >= 4 is 17.4 Å². The third-order valence-electron chi connectivity index (χ3n) is 1.40. The van der Waals surface area contributed by atoms with E-state index in [1.807, 2.05) is 6.92 Å². The molecule has 11 heavy (non-hydrogen) atoms. The number of aromatic nitrogens is 4. The van der Waals surface area contributed by atoms with E-state index >= 15 is 0 Å². The Labute approximate surface area is 67.8 Å². The van der Waals surface area contributed by atoms with Gasteiger partial charge in [-0.3, -0.25) is 4.40 Å². The Morgan fingerprint density at radius 2 is 2.27 bits per heavy atom. The molecule has 0 saturated carbocycles. The van der Waals surface area contributed by atoms with Crippen LogP contribution in [0.25, 0.3) is 5.78 Å². The van der Waals surface area contributed by atoms with Gasteiger partial charge < -0.3 is 0 Å². The van der Waals surface area contributed by atoms with Gasteiger partial charge in [0, 0.05) is 6.20 Å². The van der Waals surface area contributed by atoms with Crippen LogP contribution in [0.4, 0.5) is 0 Å². The molecule has 0 aliphatic carbocycles. The Morgan fingerprint density at radius 3 is 3.09 bits per heavy atom. The Bertz CT molecular complexity index is 394. The molecule has 0 fully saturated rings. The molecule has 0 aliphatic heterocycles. The number of aryl methyl sites for hydroxylation is 1. The van der Waals surface area contributed by atoms with Crippen LogP contribution in [0, 0.1) is 6.92 Å². The molecule has 5 heteroatoms. The minimum Gasteiger partial charge on any atom is -0.269 e. The number of nitrogens with zero attached hydrogens (tertiary/aromatic N) is 4. The van der Waals surface area contributed by atoms with E-state index in [-0.39, 0.29) is 0 Å². The van der Waals surface area contributed by atoms with Crippen LogP contribution in [0.3, 0.4) is 0 Å². The highest BCUT2D eigenvalue weighted by atomic mass is 35.5. The monoisotopic (exact) mass is 168 g/mol. The summed E-state index contributed by atoms with van der Waals surface area (Å²) in [5.41, 5.74) is 0. The van der Waals surface area contributed by atoms with Gasteiger partial charge in [-0.1, -0.05) is 11.6 Å². The second kappa shape index (κ2) is 2.17. The molecule has 0 N–H and O–H groups in total. The maximum Gasteiger partial charge on any atom is 0.255 e. The van der Waals surface area contributed by atoms with Gasteiger partial charge in [-0.15, -0.1) is 10.2 Å². The molecule has 2 rings (SSSR count). The van der Waals surface area contributed by atoms with Gasteiger partial charge in [-0.25, -0.2) is 4.98 Å². The number of hydrogen-bond donors (Lipinski definition) is 0. The minimum absolute atomic E-state index is 0.576. The predicted molar refractivity (Wildman–Crippen MR) is 40.5 cm³/mol. The van der Waals surface area contributed by atoms with Crippen LogP contribution >= 0.6 is 11.6 Å². The van der Waals surface area contributed by atoms with Crippen molar-refractivity contribution in [1.29, 1.82) is 0 Å². The van der Waals surface area contributed by atoms with Crippen LogP contribution < -0.4 is 0 Å². The number of hydrogen-bond acceptors (Lipinski definition) is 3. The number of fused-ring (bicyclic) bond motifs is 1. The quantitative estimate of drug-likeness (QED) is 0.592. The maximum atomic E-state index is 5.71. The molecule has 0 saturated heterocycles. The van der Waals surface area contributed by atoms with Gasteiger partial charge in [0.15, 0.2) is 0 Å². The first-order valence-corrected chi connectivity index (χ1v) is 3.48. The smallest absolute Gasteiger partial charge is 0.255 e. The SMILES string of the molecule is Cc1nnc2ncc(Cl)cn12. The lowest BCUT2D eigenvalue weighted by Gasteiger charge is -1.92. The van der Waals surface area contributed by atoms with E-state index in [2.05, 4.69) is 15.2 Å². The zero-order valence-electron chi connectivity index (χ0n) is 5.82. The topological polar surface area (TPSA) is 43.1 Å². The Kier molecular flexibility index (Phi) is 1.29. The van der Waals surface area contributed by atoms with Crippen molar-refractivity contribution in [3.8, 4) is 0 Å². The third-order valence-corrected chi connectivity index (χ3v) is 1.60. The fraction of sp³-hybridized carbons (Fsp3) is 0.167. The first kappa shape index (κ1) is 6.54. The zero-order chi connectivity index (χ0) is 7.84. The van der Waals surface area contributed by atoms with Gasteiger partial charge >= 0.3 is 0 Å². The molecule has 4 nitrogen and oxygen atoms in total. The van der Waals surface area contributed by atoms with Gasteiger partial charge in [0.1, 0.15) is 5.82 Å². The van der Waals surface area contributed by atoms with Crippen molar-refractivity contribution in [3.63, 3.8) is 0 Å². The normalized spacial score (nSPS) is 10.7. The fourth-order valence-electron chi connectivity index (χ4n) is 0.873. The molecule has 2 aromatic heterocycles. The van der Waals surface area contributed by atoms with Crippen LogP contribution in [0.1, 0.15) is 5.82 Å². The summed E-state index contributed by atoms with van der Waals surface area (Å²) < 4.78 is 1.74. The fourth-order valence-corrected chi connectivity index (χ4v) is 1.02. The van der Waals surface area contributed by atoms with E-state index in [1.54, 1.807) is 16.8 Å². The molecule has 0 spiro atoms. The Balaban J connectivity index is 2.87.